The van der Waals surface area contributed by atoms with Gasteiger partial charge >= 0.3 is 5.97 Å². The topological polar surface area (TPSA) is 93.8 Å². The van der Waals surface area contributed by atoms with E-state index < -0.39 is 5.97 Å². The molecular formula is C29H19BrClN3O4. The van der Waals surface area contributed by atoms with E-state index >= 15 is 0 Å². The van der Waals surface area contributed by atoms with Crippen LogP contribution in [0.5, 0.6) is 5.75 Å². The summed E-state index contributed by atoms with van der Waals surface area (Å²) < 4.78 is 7.72. The first-order valence-corrected chi connectivity index (χ1v) is 12.6. The zero-order chi connectivity index (χ0) is 26.6. The highest BCUT2D eigenvalue weighted by molar-refractivity contribution is 9.10. The number of carboxylic acids is 1. The smallest absolute Gasteiger partial charge is 0.335 e. The molecule has 0 saturated heterocycles. The van der Waals surface area contributed by atoms with Gasteiger partial charge in [-0.15, -0.1) is 0 Å². The fourth-order valence-electron chi connectivity index (χ4n) is 3.87. The van der Waals surface area contributed by atoms with Crippen molar-refractivity contribution in [2.45, 2.75) is 6.61 Å². The average molecular weight is 589 g/mol. The van der Waals surface area contributed by atoms with Crippen LogP contribution in [0.15, 0.2) is 105 Å². The number of aromatic nitrogens is 2. The molecule has 1 aromatic heterocycles. The van der Waals surface area contributed by atoms with Gasteiger partial charge in [-0.3, -0.25) is 4.79 Å². The summed E-state index contributed by atoms with van der Waals surface area (Å²) in [6, 6.07) is 26.4. The molecule has 0 aliphatic carbocycles. The Morgan fingerprint density at radius 3 is 2.55 bits per heavy atom. The van der Waals surface area contributed by atoms with E-state index in [2.05, 4.69) is 21.0 Å². The molecule has 0 atom stereocenters. The molecule has 0 amide bonds. The zero-order valence-corrected chi connectivity index (χ0v) is 22.1. The van der Waals surface area contributed by atoms with Crippen LogP contribution in [0.1, 0.15) is 21.5 Å². The van der Waals surface area contributed by atoms with Crippen LogP contribution in [0, 0.1) is 0 Å². The molecule has 7 nitrogen and oxygen atoms in total. The summed E-state index contributed by atoms with van der Waals surface area (Å²) in [5, 5.41) is 14.4. The zero-order valence-electron chi connectivity index (χ0n) is 19.7. The lowest BCUT2D eigenvalue weighted by Crippen LogP contribution is -2.20. The first-order chi connectivity index (χ1) is 18.4. The van der Waals surface area contributed by atoms with Crippen molar-refractivity contribution in [1.82, 2.24) is 9.66 Å². The Labute approximate surface area is 230 Å². The van der Waals surface area contributed by atoms with Crippen LogP contribution in [0.25, 0.3) is 22.3 Å². The molecule has 5 aromatic rings. The molecule has 9 heteroatoms. The van der Waals surface area contributed by atoms with Gasteiger partial charge in [-0.2, -0.15) is 9.78 Å². The summed E-state index contributed by atoms with van der Waals surface area (Å²) in [6.45, 7) is 0.130. The number of aromatic carboxylic acids is 1. The Hall–Kier alpha value is -4.27. The molecule has 0 bridgehead atoms. The second kappa shape index (κ2) is 11.0. The van der Waals surface area contributed by atoms with Gasteiger partial charge in [-0.05, 0) is 63.5 Å². The number of fused-ring (bicyclic) bond motifs is 1. The molecule has 4 aromatic carbocycles. The van der Waals surface area contributed by atoms with E-state index in [0.29, 0.717) is 43.1 Å². The Bertz CT molecular complexity index is 1730. The fourth-order valence-corrected chi connectivity index (χ4v) is 4.86. The molecular weight excluding hydrogens is 570 g/mol. The second-order valence-electron chi connectivity index (χ2n) is 8.29. The Kier molecular flexibility index (Phi) is 7.35. The number of benzene rings is 4. The normalized spacial score (nSPS) is 11.2. The first-order valence-electron chi connectivity index (χ1n) is 11.5. The number of hydrogen-bond donors (Lipinski definition) is 1. The monoisotopic (exact) mass is 587 g/mol. The summed E-state index contributed by atoms with van der Waals surface area (Å²) in [5.41, 5.74) is 2.54. The average Bonchev–Trinajstić information content (AvgIpc) is 2.92. The highest BCUT2D eigenvalue weighted by Crippen LogP contribution is 2.35. The van der Waals surface area contributed by atoms with Gasteiger partial charge in [0, 0.05) is 5.56 Å². The van der Waals surface area contributed by atoms with E-state index in [0.717, 1.165) is 5.56 Å². The number of hydrogen-bond acceptors (Lipinski definition) is 5. The van der Waals surface area contributed by atoms with Crippen molar-refractivity contribution in [1.29, 1.82) is 0 Å². The van der Waals surface area contributed by atoms with Crippen LogP contribution >= 0.6 is 27.5 Å². The molecule has 0 radical (unpaired) electrons. The lowest BCUT2D eigenvalue weighted by Gasteiger charge is -2.12. The number of para-hydroxylation sites is 1. The molecule has 1 heterocycles. The summed E-state index contributed by atoms with van der Waals surface area (Å²) in [5.74, 6) is -0.191. The quantitative estimate of drug-likeness (QED) is 0.215. The maximum absolute atomic E-state index is 13.3. The van der Waals surface area contributed by atoms with Crippen LogP contribution in [0.3, 0.4) is 0 Å². The minimum absolute atomic E-state index is 0.130. The van der Waals surface area contributed by atoms with Gasteiger partial charge in [0.1, 0.15) is 6.61 Å². The molecule has 0 spiro atoms. The summed E-state index contributed by atoms with van der Waals surface area (Å²) >= 11 is 10.00. The van der Waals surface area contributed by atoms with Crippen LogP contribution in [0.4, 0.5) is 0 Å². The fraction of sp³-hybridized carbons (Fsp3) is 0.0345. The molecule has 38 heavy (non-hydrogen) atoms. The third-order valence-electron chi connectivity index (χ3n) is 5.69. The third-order valence-corrected chi connectivity index (χ3v) is 6.56. The maximum Gasteiger partial charge on any atom is 0.335 e. The SMILES string of the molecule is O=C(O)c1cccc(COc2c(Cl)cc(C=Nn3c(-c4ccccc4)nc4ccccc4c3=O)cc2Br)c1. The largest absolute Gasteiger partial charge is 0.486 e. The molecule has 0 aliphatic rings. The number of carbonyl (C=O) groups is 1. The van der Waals surface area contributed by atoms with Crippen molar-refractivity contribution < 1.29 is 14.6 Å². The minimum atomic E-state index is -1.01. The molecule has 5 rings (SSSR count). The standard InChI is InChI=1S/C29H19BrClN3O4/c30-23-14-19(15-24(31)26(23)38-17-18-7-6-10-21(13-18)29(36)37)16-32-34-27(20-8-2-1-3-9-20)33-25-12-5-4-11-22(25)28(34)35/h1-16H,17H2,(H,36,37). The van der Waals surface area contributed by atoms with E-state index in [1.54, 1.807) is 48.5 Å². The minimum Gasteiger partial charge on any atom is -0.486 e. The number of halogens is 2. The summed E-state index contributed by atoms with van der Waals surface area (Å²) in [7, 11) is 0. The van der Waals surface area contributed by atoms with Gasteiger partial charge in [-0.1, -0.05) is 66.2 Å². The van der Waals surface area contributed by atoms with E-state index in [1.807, 2.05) is 36.4 Å². The van der Waals surface area contributed by atoms with Crippen LogP contribution < -0.4 is 10.3 Å². The van der Waals surface area contributed by atoms with Crippen molar-refractivity contribution in [3.63, 3.8) is 0 Å². The lowest BCUT2D eigenvalue weighted by molar-refractivity contribution is 0.0696. The number of ether oxygens (including phenoxy) is 1. The van der Waals surface area contributed by atoms with Gasteiger partial charge < -0.3 is 9.84 Å². The number of rotatable bonds is 7. The summed E-state index contributed by atoms with van der Waals surface area (Å²) in [6.07, 6.45) is 1.53. The Morgan fingerprint density at radius 1 is 1.03 bits per heavy atom. The Morgan fingerprint density at radius 2 is 1.79 bits per heavy atom. The molecule has 1 N–H and O–H groups in total. The predicted octanol–water partition coefficient (Wildman–Crippen LogP) is 6.64. The third kappa shape index (κ3) is 5.37. The summed E-state index contributed by atoms with van der Waals surface area (Å²) in [4.78, 5) is 29.2. The molecule has 0 fully saturated rings. The highest BCUT2D eigenvalue weighted by atomic mass is 79.9. The van der Waals surface area contributed by atoms with Crippen molar-refractivity contribution in [2.24, 2.45) is 5.10 Å². The molecule has 0 saturated carbocycles. The van der Waals surface area contributed by atoms with Crippen LogP contribution in [-0.4, -0.2) is 27.0 Å². The molecule has 0 unspecified atom stereocenters. The van der Waals surface area contributed by atoms with E-state index in [4.69, 9.17) is 21.3 Å². The number of nitrogens with zero attached hydrogens (tertiary/aromatic N) is 3. The van der Waals surface area contributed by atoms with Crippen molar-refractivity contribution >= 4 is 50.6 Å². The van der Waals surface area contributed by atoms with Crippen LogP contribution in [0.2, 0.25) is 5.02 Å². The van der Waals surface area contributed by atoms with Crippen molar-refractivity contribution in [3.8, 4) is 17.1 Å². The lowest BCUT2D eigenvalue weighted by atomic mass is 10.1. The maximum atomic E-state index is 13.3. The van der Waals surface area contributed by atoms with E-state index in [9.17, 15) is 14.7 Å². The van der Waals surface area contributed by atoms with Gasteiger partial charge in [0.2, 0.25) is 0 Å². The number of carboxylic acid groups (broad SMARTS) is 1. The van der Waals surface area contributed by atoms with E-state index in [-0.39, 0.29) is 17.7 Å². The van der Waals surface area contributed by atoms with Gasteiger partial charge in [-0.25, -0.2) is 9.78 Å². The van der Waals surface area contributed by atoms with Crippen molar-refractivity contribution in [3.05, 3.63) is 128 Å². The first kappa shape index (κ1) is 25.4. The van der Waals surface area contributed by atoms with Gasteiger partial charge in [0.05, 0.1) is 32.2 Å². The van der Waals surface area contributed by atoms with E-state index in [1.165, 1.54) is 17.0 Å². The Balaban J connectivity index is 1.46. The van der Waals surface area contributed by atoms with Crippen LogP contribution in [-0.2, 0) is 6.61 Å². The van der Waals surface area contributed by atoms with Gasteiger partial charge in [0.25, 0.3) is 5.56 Å². The molecule has 188 valence electrons. The predicted molar refractivity (Wildman–Crippen MR) is 151 cm³/mol. The molecule has 0 aliphatic heterocycles. The van der Waals surface area contributed by atoms with Crippen molar-refractivity contribution in [2.75, 3.05) is 0 Å². The second-order valence-corrected chi connectivity index (χ2v) is 9.55. The highest BCUT2D eigenvalue weighted by Gasteiger charge is 2.13. The van der Waals surface area contributed by atoms with Gasteiger partial charge in [0.15, 0.2) is 11.6 Å².